The van der Waals surface area contributed by atoms with Gasteiger partial charge in [0.15, 0.2) is 11.5 Å². The molecule has 6 heteroatoms. The van der Waals surface area contributed by atoms with Gasteiger partial charge in [-0.1, -0.05) is 0 Å². The number of rotatable bonds is 5. The average Bonchev–Trinajstić information content (AvgIpc) is 2.47. The lowest BCUT2D eigenvalue weighted by Crippen LogP contribution is -2.55. The Kier molecular flexibility index (Phi) is 4.69. The Morgan fingerprint density at radius 1 is 1.05 bits per heavy atom. The Morgan fingerprint density at radius 3 is 2.25 bits per heavy atom. The van der Waals surface area contributed by atoms with E-state index >= 15 is 0 Å². The second-order valence-electron chi connectivity index (χ2n) is 4.94. The van der Waals surface area contributed by atoms with Gasteiger partial charge in [0.25, 0.3) is 0 Å². The minimum absolute atomic E-state index is 0.0127. The van der Waals surface area contributed by atoms with Crippen LogP contribution >= 0.6 is 0 Å². The Hall–Kier alpha value is -1.50. The van der Waals surface area contributed by atoms with Crippen LogP contribution in [0.2, 0.25) is 0 Å². The van der Waals surface area contributed by atoms with Crippen molar-refractivity contribution in [3.63, 3.8) is 0 Å². The Morgan fingerprint density at radius 2 is 1.70 bits per heavy atom. The molecule has 0 saturated carbocycles. The molecule has 1 heterocycles. The molecule has 1 fully saturated rings. The van der Waals surface area contributed by atoms with E-state index in [1.165, 1.54) is 0 Å². The van der Waals surface area contributed by atoms with Crippen molar-refractivity contribution in [2.24, 2.45) is 0 Å². The highest BCUT2D eigenvalue weighted by Crippen LogP contribution is 2.40. The van der Waals surface area contributed by atoms with E-state index < -0.39 is 0 Å². The quantitative estimate of drug-likeness (QED) is 0.790. The van der Waals surface area contributed by atoms with Crippen LogP contribution in [0.3, 0.4) is 0 Å². The lowest BCUT2D eigenvalue weighted by atomic mass is 10.1. The van der Waals surface area contributed by atoms with Crippen molar-refractivity contribution < 1.29 is 24.1 Å². The highest BCUT2D eigenvalue weighted by Gasteiger charge is 2.31. The van der Waals surface area contributed by atoms with Crippen LogP contribution in [0.15, 0.2) is 12.1 Å². The number of hydrogen-bond acceptors (Lipinski definition) is 5. The minimum atomic E-state index is 0.0127. The summed E-state index contributed by atoms with van der Waals surface area (Å²) in [6, 6.07) is 3.75. The number of ether oxygens (including phenoxy) is 3. The first-order chi connectivity index (χ1) is 9.63. The Labute approximate surface area is 119 Å². The summed E-state index contributed by atoms with van der Waals surface area (Å²) in [6.45, 7) is 3.47. The molecule has 2 N–H and O–H groups in total. The minimum Gasteiger partial charge on any atom is -0.493 e. The molecule has 0 atom stereocenters. The zero-order valence-electron chi connectivity index (χ0n) is 12.3. The van der Waals surface area contributed by atoms with E-state index in [9.17, 15) is 5.21 Å². The molecule has 0 amide bonds. The zero-order valence-corrected chi connectivity index (χ0v) is 12.3. The van der Waals surface area contributed by atoms with Crippen LogP contribution in [0, 0.1) is 0 Å². The summed E-state index contributed by atoms with van der Waals surface area (Å²) in [5.41, 5.74) is 0.912. The number of quaternary nitrogens is 1. The molecule has 0 spiro atoms. The van der Waals surface area contributed by atoms with E-state index in [4.69, 9.17) is 14.2 Å². The van der Waals surface area contributed by atoms with Crippen LogP contribution < -0.4 is 19.5 Å². The average molecular weight is 283 g/mol. The molecular weight excluding hydrogens is 260 g/mol. The molecule has 0 unspecified atom stereocenters. The van der Waals surface area contributed by atoms with Crippen molar-refractivity contribution in [3.05, 3.63) is 17.7 Å². The number of hydrogen-bond donors (Lipinski definition) is 2. The molecule has 2 rings (SSSR count). The fourth-order valence-electron chi connectivity index (χ4n) is 2.57. The molecule has 1 aliphatic heterocycles. The summed E-state index contributed by atoms with van der Waals surface area (Å²) >= 11 is 0. The van der Waals surface area contributed by atoms with Gasteiger partial charge in [-0.2, -0.15) is 4.65 Å². The van der Waals surface area contributed by atoms with E-state index in [0.29, 0.717) is 36.9 Å². The standard InChI is InChI=1S/C14H23N2O4/c1-18-12-5-4-11(13(19-2)14(12)20-3)10-16(17)8-6-15-7-9-16/h4-5,15,17H,6-10H2,1-3H3/q+1. The van der Waals surface area contributed by atoms with Crippen LogP contribution in [0.5, 0.6) is 17.2 Å². The van der Waals surface area contributed by atoms with Crippen LogP contribution in [0.1, 0.15) is 5.56 Å². The monoisotopic (exact) mass is 283 g/mol. The summed E-state index contributed by atoms with van der Waals surface area (Å²) in [7, 11) is 4.77. The van der Waals surface area contributed by atoms with Gasteiger partial charge in [-0.25, -0.2) is 5.21 Å². The molecular formula is C14H23N2O4+. The third-order valence-corrected chi connectivity index (χ3v) is 3.66. The molecule has 0 aliphatic carbocycles. The molecule has 1 saturated heterocycles. The predicted octanol–water partition coefficient (Wildman–Crippen LogP) is 1.02. The number of nitrogens with zero attached hydrogens (tertiary/aromatic N) is 1. The van der Waals surface area contributed by atoms with E-state index in [1.807, 2.05) is 12.1 Å². The van der Waals surface area contributed by atoms with Crippen LogP contribution in [0.4, 0.5) is 0 Å². The molecule has 1 aliphatic rings. The predicted molar refractivity (Wildman–Crippen MR) is 74.5 cm³/mol. The summed E-state index contributed by atoms with van der Waals surface area (Å²) in [6.07, 6.45) is 0. The first-order valence-electron chi connectivity index (χ1n) is 6.71. The molecule has 112 valence electrons. The van der Waals surface area contributed by atoms with Crippen molar-refractivity contribution in [1.29, 1.82) is 0 Å². The summed E-state index contributed by atoms with van der Waals surface area (Å²) in [5, 5.41) is 13.8. The zero-order chi connectivity index (χ0) is 14.6. The van der Waals surface area contributed by atoms with Gasteiger partial charge in [0.2, 0.25) is 5.75 Å². The first-order valence-corrected chi connectivity index (χ1v) is 6.71. The molecule has 1 aromatic carbocycles. The molecule has 1 aromatic rings. The van der Waals surface area contributed by atoms with E-state index in [-0.39, 0.29) is 4.65 Å². The maximum atomic E-state index is 10.6. The lowest BCUT2D eigenvalue weighted by Gasteiger charge is -2.34. The smallest absolute Gasteiger partial charge is 0.203 e. The maximum Gasteiger partial charge on any atom is 0.203 e. The fraction of sp³-hybridized carbons (Fsp3) is 0.571. The van der Waals surface area contributed by atoms with Crippen molar-refractivity contribution in [2.45, 2.75) is 6.54 Å². The highest BCUT2D eigenvalue weighted by molar-refractivity contribution is 5.55. The Balaban J connectivity index is 2.31. The highest BCUT2D eigenvalue weighted by atomic mass is 16.5. The second kappa shape index (κ2) is 6.30. The van der Waals surface area contributed by atoms with Crippen LogP contribution in [-0.4, -0.2) is 57.4 Å². The van der Waals surface area contributed by atoms with E-state index in [1.54, 1.807) is 21.3 Å². The molecule has 0 radical (unpaired) electrons. The normalized spacial score (nSPS) is 17.6. The number of hydroxylamine groups is 3. The SMILES string of the molecule is COc1ccc(C[N+]2(O)CCNCC2)c(OC)c1OC. The van der Waals surface area contributed by atoms with Crippen molar-refractivity contribution in [1.82, 2.24) is 5.32 Å². The van der Waals surface area contributed by atoms with Crippen LogP contribution in [0.25, 0.3) is 0 Å². The molecule has 6 nitrogen and oxygen atoms in total. The molecule has 20 heavy (non-hydrogen) atoms. The third-order valence-electron chi connectivity index (χ3n) is 3.66. The van der Waals surface area contributed by atoms with Gasteiger partial charge >= 0.3 is 0 Å². The van der Waals surface area contributed by atoms with Crippen molar-refractivity contribution in [2.75, 3.05) is 47.5 Å². The number of benzene rings is 1. The maximum absolute atomic E-state index is 10.6. The van der Waals surface area contributed by atoms with Gasteiger partial charge in [-0.15, -0.1) is 0 Å². The largest absolute Gasteiger partial charge is 0.493 e. The van der Waals surface area contributed by atoms with Gasteiger partial charge in [0.1, 0.15) is 19.6 Å². The Bertz CT molecular complexity index is 459. The summed E-state index contributed by atoms with van der Waals surface area (Å²) < 4.78 is 16.1. The fourth-order valence-corrected chi connectivity index (χ4v) is 2.57. The van der Waals surface area contributed by atoms with Gasteiger partial charge in [-0.05, 0) is 12.1 Å². The number of piperazine rings is 1. The van der Waals surface area contributed by atoms with E-state index in [2.05, 4.69) is 5.32 Å². The molecule has 0 bridgehead atoms. The third kappa shape index (κ3) is 2.98. The van der Waals surface area contributed by atoms with Gasteiger partial charge in [-0.3, -0.25) is 0 Å². The van der Waals surface area contributed by atoms with E-state index in [0.717, 1.165) is 18.7 Å². The second-order valence-corrected chi connectivity index (χ2v) is 4.94. The van der Waals surface area contributed by atoms with Crippen molar-refractivity contribution >= 4 is 0 Å². The number of nitrogens with one attached hydrogen (secondary N) is 1. The summed E-state index contributed by atoms with van der Waals surface area (Å²) in [4.78, 5) is 0. The van der Waals surface area contributed by atoms with Crippen LogP contribution in [-0.2, 0) is 6.54 Å². The summed E-state index contributed by atoms with van der Waals surface area (Å²) in [5.74, 6) is 1.81. The van der Waals surface area contributed by atoms with Gasteiger partial charge in [0.05, 0.1) is 26.9 Å². The first kappa shape index (κ1) is 14.9. The molecule has 0 aromatic heterocycles. The number of methoxy groups -OCH3 is 3. The van der Waals surface area contributed by atoms with Gasteiger partial charge < -0.3 is 19.5 Å². The topological polar surface area (TPSA) is 60.0 Å². The lowest BCUT2D eigenvalue weighted by molar-refractivity contribution is -1.11. The van der Waals surface area contributed by atoms with Crippen molar-refractivity contribution in [3.8, 4) is 17.2 Å². The van der Waals surface area contributed by atoms with Gasteiger partial charge in [0, 0.05) is 13.1 Å².